The van der Waals surface area contributed by atoms with E-state index in [0.29, 0.717) is 19.0 Å². The molecule has 0 aliphatic carbocycles. The third-order valence-corrected chi connectivity index (χ3v) is 4.50. The van der Waals surface area contributed by atoms with Crippen LogP contribution in [0.2, 0.25) is 0 Å². The van der Waals surface area contributed by atoms with Gasteiger partial charge >= 0.3 is 0 Å². The molecule has 1 heterocycles. The van der Waals surface area contributed by atoms with Gasteiger partial charge in [0.1, 0.15) is 0 Å². The molecule has 25 heavy (non-hydrogen) atoms. The summed E-state index contributed by atoms with van der Waals surface area (Å²) in [6, 6.07) is 23.0. The van der Waals surface area contributed by atoms with Gasteiger partial charge in [0.25, 0.3) is 0 Å². The molecule has 1 atom stereocenters. The lowest BCUT2D eigenvalue weighted by Gasteiger charge is -2.28. The second kappa shape index (κ2) is 8.24. The highest BCUT2D eigenvalue weighted by atomic mass is 16.3. The standard InChI is InChI=1S/C22H26N2O/c1-17(2)24(15-18-8-4-3-5-9-18)16-21(25)14-20-13-12-19-10-6-7-11-22(19)23-20/h3-13,17,21,25H,14-16H2,1-2H3/t21-/m0/s1. The SMILES string of the molecule is CC(C)N(Cc1ccccc1)C[C@@H](O)Cc1ccc2ccccc2n1. The first kappa shape index (κ1) is 17.6. The number of rotatable bonds is 7. The maximum absolute atomic E-state index is 10.6. The van der Waals surface area contributed by atoms with E-state index in [-0.39, 0.29) is 0 Å². The molecule has 3 aromatic rings. The summed E-state index contributed by atoms with van der Waals surface area (Å²) >= 11 is 0. The minimum atomic E-state index is -0.431. The molecule has 0 bridgehead atoms. The Kier molecular flexibility index (Phi) is 5.79. The molecule has 0 saturated heterocycles. The van der Waals surface area contributed by atoms with Crippen molar-refractivity contribution in [2.24, 2.45) is 0 Å². The molecule has 0 amide bonds. The highest BCUT2D eigenvalue weighted by Crippen LogP contribution is 2.14. The molecule has 0 fully saturated rings. The normalized spacial score (nSPS) is 12.8. The van der Waals surface area contributed by atoms with Crippen molar-refractivity contribution < 1.29 is 5.11 Å². The Bertz CT molecular complexity index is 801. The Balaban J connectivity index is 1.65. The first-order chi connectivity index (χ1) is 12.1. The van der Waals surface area contributed by atoms with E-state index in [2.05, 4.69) is 60.1 Å². The van der Waals surface area contributed by atoms with Gasteiger partial charge in [-0.1, -0.05) is 54.6 Å². The van der Waals surface area contributed by atoms with E-state index >= 15 is 0 Å². The number of aliphatic hydroxyl groups is 1. The van der Waals surface area contributed by atoms with E-state index in [1.54, 1.807) is 0 Å². The van der Waals surface area contributed by atoms with Gasteiger partial charge in [0, 0.05) is 36.6 Å². The van der Waals surface area contributed by atoms with Crippen LogP contribution in [-0.2, 0) is 13.0 Å². The highest BCUT2D eigenvalue weighted by molar-refractivity contribution is 5.78. The summed E-state index contributed by atoms with van der Waals surface area (Å²) in [7, 11) is 0. The van der Waals surface area contributed by atoms with Crippen molar-refractivity contribution in [3.05, 3.63) is 78.0 Å². The van der Waals surface area contributed by atoms with Gasteiger partial charge in [-0.05, 0) is 31.5 Å². The summed E-state index contributed by atoms with van der Waals surface area (Å²) in [6.45, 7) is 5.83. The summed E-state index contributed by atoms with van der Waals surface area (Å²) in [5.41, 5.74) is 3.19. The lowest BCUT2D eigenvalue weighted by Crippen LogP contribution is -2.38. The maximum atomic E-state index is 10.6. The smallest absolute Gasteiger partial charge is 0.0722 e. The molecule has 0 aliphatic rings. The van der Waals surface area contributed by atoms with Crippen molar-refractivity contribution in [1.82, 2.24) is 9.88 Å². The topological polar surface area (TPSA) is 36.4 Å². The van der Waals surface area contributed by atoms with Gasteiger partial charge in [0.15, 0.2) is 0 Å². The maximum Gasteiger partial charge on any atom is 0.0722 e. The van der Waals surface area contributed by atoms with E-state index in [9.17, 15) is 5.11 Å². The summed E-state index contributed by atoms with van der Waals surface area (Å²) in [5, 5.41) is 11.7. The molecule has 0 unspecified atom stereocenters. The van der Waals surface area contributed by atoms with Crippen molar-refractivity contribution in [1.29, 1.82) is 0 Å². The number of para-hydroxylation sites is 1. The molecule has 0 saturated carbocycles. The molecule has 0 spiro atoms. The van der Waals surface area contributed by atoms with Gasteiger partial charge < -0.3 is 5.11 Å². The van der Waals surface area contributed by atoms with E-state index in [4.69, 9.17) is 0 Å². The Morgan fingerprint density at radius 2 is 1.64 bits per heavy atom. The van der Waals surface area contributed by atoms with Crippen LogP contribution in [0.4, 0.5) is 0 Å². The largest absolute Gasteiger partial charge is 0.391 e. The molecule has 3 heteroatoms. The van der Waals surface area contributed by atoms with Gasteiger partial charge in [0.2, 0.25) is 0 Å². The van der Waals surface area contributed by atoms with Crippen molar-refractivity contribution >= 4 is 10.9 Å². The van der Waals surface area contributed by atoms with Crippen LogP contribution < -0.4 is 0 Å². The minimum absolute atomic E-state index is 0.374. The number of pyridine rings is 1. The van der Waals surface area contributed by atoms with Crippen LogP contribution in [0, 0.1) is 0 Å². The fourth-order valence-corrected chi connectivity index (χ4v) is 3.07. The lowest BCUT2D eigenvalue weighted by molar-refractivity contribution is 0.0902. The molecule has 0 aliphatic heterocycles. The van der Waals surface area contributed by atoms with E-state index < -0.39 is 6.10 Å². The number of hydrogen-bond acceptors (Lipinski definition) is 3. The van der Waals surface area contributed by atoms with Crippen molar-refractivity contribution in [2.75, 3.05) is 6.54 Å². The third kappa shape index (κ3) is 4.88. The first-order valence-corrected chi connectivity index (χ1v) is 8.92. The molecule has 1 N–H and O–H groups in total. The Morgan fingerprint density at radius 3 is 2.40 bits per heavy atom. The van der Waals surface area contributed by atoms with E-state index in [0.717, 1.165) is 23.1 Å². The number of nitrogens with zero attached hydrogens (tertiary/aromatic N) is 2. The van der Waals surface area contributed by atoms with E-state index in [1.165, 1.54) is 5.56 Å². The molecular formula is C22H26N2O. The van der Waals surface area contributed by atoms with Gasteiger partial charge in [-0.3, -0.25) is 9.88 Å². The molecule has 1 aromatic heterocycles. The van der Waals surface area contributed by atoms with Crippen LogP contribution in [0.1, 0.15) is 25.1 Å². The van der Waals surface area contributed by atoms with Gasteiger partial charge in [-0.2, -0.15) is 0 Å². The number of aliphatic hydroxyl groups excluding tert-OH is 1. The number of fused-ring (bicyclic) bond motifs is 1. The predicted molar refractivity (Wildman–Crippen MR) is 103 cm³/mol. The number of benzene rings is 2. The van der Waals surface area contributed by atoms with Crippen LogP contribution in [0.15, 0.2) is 66.7 Å². The van der Waals surface area contributed by atoms with Crippen LogP contribution in [0.25, 0.3) is 10.9 Å². The van der Waals surface area contributed by atoms with E-state index in [1.807, 2.05) is 30.3 Å². The van der Waals surface area contributed by atoms with Gasteiger partial charge in [-0.25, -0.2) is 0 Å². The second-order valence-electron chi connectivity index (χ2n) is 6.86. The zero-order valence-corrected chi connectivity index (χ0v) is 15.0. The van der Waals surface area contributed by atoms with Crippen molar-refractivity contribution in [3.63, 3.8) is 0 Å². The molecule has 130 valence electrons. The monoisotopic (exact) mass is 334 g/mol. The second-order valence-corrected chi connectivity index (χ2v) is 6.86. The van der Waals surface area contributed by atoms with Crippen molar-refractivity contribution in [3.8, 4) is 0 Å². The number of hydrogen-bond donors (Lipinski definition) is 1. The fourth-order valence-electron chi connectivity index (χ4n) is 3.07. The third-order valence-electron chi connectivity index (χ3n) is 4.50. The summed E-state index contributed by atoms with van der Waals surface area (Å²) in [5.74, 6) is 0. The highest BCUT2D eigenvalue weighted by Gasteiger charge is 2.16. The molecule has 3 rings (SSSR count). The van der Waals surface area contributed by atoms with Crippen LogP contribution in [0.5, 0.6) is 0 Å². The lowest BCUT2D eigenvalue weighted by atomic mass is 10.1. The molecule has 3 nitrogen and oxygen atoms in total. The summed E-state index contributed by atoms with van der Waals surface area (Å²) in [4.78, 5) is 6.98. The number of aromatic nitrogens is 1. The quantitative estimate of drug-likeness (QED) is 0.708. The van der Waals surface area contributed by atoms with Crippen LogP contribution >= 0.6 is 0 Å². The minimum Gasteiger partial charge on any atom is -0.391 e. The Morgan fingerprint density at radius 1 is 0.920 bits per heavy atom. The predicted octanol–water partition coefficient (Wildman–Crippen LogP) is 4.05. The zero-order chi connectivity index (χ0) is 17.6. The summed E-state index contributed by atoms with van der Waals surface area (Å²) in [6.07, 6.45) is 0.142. The summed E-state index contributed by atoms with van der Waals surface area (Å²) < 4.78 is 0. The van der Waals surface area contributed by atoms with Crippen LogP contribution in [0.3, 0.4) is 0 Å². The average molecular weight is 334 g/mol. The molecular weight excluding hydrogens is 308 g/mol. The van der Waals surface area contributed by atoms with Crippen molar-refractivity contribution in [2.45, 2.75) is 39.0 Å². The molecule has 0 radical (unpaired) electrons. The van der Waals surface area contributed by atoms with Crippen LogP contribution in [-0.4, -0.2) is 33.7 Å². The Labute approximate surface area is 149 Å². The average Bonchev–Trinajstić information content (AvgIpc) is 2.62. The fraction of sp³-hybridized carbons (Fsp3) is 0.318. The Hall–Kier alpha value is -2.23. The first-order valence-electron chi connectivity index (χ1n) is 8.92. The van der Waals surface area contributed by atoms with Gasteiger partial charge in [0.05, 0.1) is 11.6 Å². The molecule has 2 aromatic carbocycles. The van der Waals surface area contributed by atoms with Gasteiger partial charge in [-0.15, -0.1) is 0 Å². The zero-order valence-electron chi connectivity index (χ0n) is 15.0.